The first-order chi connectivity index (χ1) is 9.90. The van der Waals surface area contributed by atoms with Crippen LogP contribution in [0.25, 0.3) is 0 Å². The van der Waals surface area contributed by atoms with E-state index in [0.29, 0.717) is 18.7 Å². The summed E-state index contributed by atoms with van der Waals surface area (Å²) < 4.78 is 32.5. The van der Waals surface area contributed by atoms with E-state index < -0.39 is 39.8 Å². The average Bonchev–Trinajstić information content (AvgIpc) is 2.94. The molecular formula is C13H14F2N2O4. The summed E-state index contributed by atoms with van der Waals surface area (Å²) in [6.07, 6.45) is 1.43. The minimum Gasteiger partial charge on any atom is -0.376 e. The molecule has 0 radical (unpaired) electrons. The van der Waals surface area contributed by atoms with E-state index in [2.05, 4.69) is 5.32 Å². The van der Waals surface area contributed by atoms with Crippen LogP contribution in [0.2, 0.25) is 0 Å². The van der Waals surface area contributed by atoms with E-state index in [4.69, 9.17) is 4.74 Å². The maximum Gasteiger partial charge on any atom is 0.308 e. The summed E-state index contributed by atoms with van der Waals surface area (Å²) in [5.74, 6) is -3.30. The second-order valence-electron chi connectivity index (χ2n) is 4.86. The molecule has 2 atom stereocenters. The van der Waals surface area contributed by atoms with Crippen molar-refractivity contribution in [2.24, 2.45) is 0 Å². The zero-order valence-electron chi connectivity index (χ0n) is 11.3. The molecule has 21 heavy (non-hydrogen) atoms. The van der Waals surface area contributed by atoms with Gasteiger partial charge in [-0.25, -0.2) is 4.39 Å². The molecule has 1 saturated heterocycles. The summed E-state index contributed by atoms with van der Waals surface area (Å²) in [6.45, 7) is 2.27. The molecule has 6 nitrogen and oxygen atoms in total. The smallest absolute Gasteiger partial charge is 0.308 e. The Morgan fingerprint density at radius 1 is 1.52 bits per heavy atom. The monoisotopic (exact) mass is 300 g/mol. The highest BCUT2D eigenvalue weighted by molar-refractivity contribution is 5.95. The van der Waals surface area contributed by atoms with Crippen LogP contribution in [0.4, 0.5) is 14.5 Å². The number of carbonyl (C=O) groups excluding carboxylic acids is 1. The molecule has 0 aromatic heterocycles. The second-order valence-corrected chi connectivity index (χ2v) is 4.86. The lowest BCUT2D eigenvalue weighted by Gasteiger charge is -2.20. The van der Waals surface area contributed by atoms with Gasteiger partial charge < -0.3 is 10.1 Å². The summed E-state index contributed by atoms with van der Waals surface area (Å²) >= 11 is 0. The first-order valence-electron chi connectivity index (χ1n) is 6.46. The molecule has 1 aromatic rings. The fourth-order valence-electron chi connectivity index (χ4n) is 2.25. The number of carbonyl (C=O) groups is 1. The number of nitro benzene ring substituents is 1. The molecule has 1 aliphatic rings. The normalized spacial score (nSPS) is 19.3. The van der Waals surface area contributed by atoms with Crippen LogP contribution >= 0.6 is 0 Å². The third-order valence-electron chi connectivity index (χ3n) is 3.34. The van der Waals surface area contributed by atoms with Gasteiger partial charge in [-0.15, -0.1) is 0 Å². The van der Waals surface area contributed by atoms with Gasteiger partial charge in [0, 0.05) is 6.61 Å². The van der Waals surface area contributed by atoms with E-state index in [1.165, 1.54) is 0 Å². The molecule has 114 valence electrons. The van der Waals surface area contributed by atoms with Gasteiger partial charge in [0.2, 0.25) is 5.82 Å². The number of hydrogen-bond acceptors (Lipinski definition) is 4. The third kappa shape index (κ3) is 3.33. The molecule has 0 saturated carbocycles. The van der Waals surface area contributed by atoms with Gasteiger partial charge >= 0.3 is 5.69 Å². The number of nitro groups is 1. The Labute approximate surface area is 119 Å². The van der Waals surface area contributed by atoms with E-state index in [-0.39, 0.29) is 6.10 Å². The fourth-order valence-corrected chi connectivity index (χ4v) is 2.25. The Balaban J connectivity index is 2.20. The predicted molar refractivity (Wildman–Crippen MR) is 68.9 cm³/mol. The Bertz CT molecular complexity index is 574. The molecule has 1 fully saturated rings. The Hall–Kier alpha value is -2.09. The van der Waals surface area contributed by atoms with Crippen molar-refractivity contribution in [2.45, 2.75) is 31.9 Å². The van der Waals surface area contributed by atoms with Crippen molar-refractivity contribution in [3.05, 3.63) is 39.4 Å². The maximum atomic E-state index is 13.9. The standard InChI is InChI=1S/C13H14F2N2O4/c1-7(11-3-2-4-21-11)16-13(18)9-5-8(14)6-10(12(9)15)17(19)20/h5-7,11H,2-4H2,1H3,(H,16,18). The van der Waals surface area contributed by atoms with Gasteiger partial charge in [0.15, 0.2) is 0 Å². The van der Waals surface area contributed by atoms with Crippen molar-refractivity contribution < 1.29 is 23.2 Å². The minimum absolute atomic E-state index is 0.194. The molecule has 0 spiro atoms. The summed E-state index contributed by atoms with van der Waals surface area (Å²) in [5.41, 5.74) is -1.75. The fraction of sp³-hybridized carbons (Fsp3) is 0.462. The Morgan fingerprint density at radius 2 is 2.24 bits per heavy atom. The second kappa shape index (κ2) is 6.13. The molecule has 1 heterocycles. The van der Waals surface area contributed by atoms with E-state index in [9.17, 15) is 23.7 Å². The van der Waals surface area contributed by atoms with E-state index in [1.807, 2.05) is 0 Å². The van der Waals surface area contributed by atoms with E-state index >= 15 is 0 Å². The first-order valence-corrected chi connectivity index (χ1v) is 6.46. The summed E-state index contributed by atoms with van der Waals surface area (Å²) in [5, 5.41) is 13.1. The van der Waals surface area contributed by atoms with Gasteiger partial charge in [0.05, 0.1) is 28.7 Å². The molecule has 2 rings (SSSR count). The van der Waals surface area contributed by atoms with Crippen LogP contribution in [-0.4, -0.2) is 29.6 Å². The van der Waals surface area contributed by atoms with Crippen LogP contribution in [0.5, 0.6) is 0 Å². The number of amides is 1. The van der Waals surface area contributed by atoms with Gasteiger partial charge in [0.1, 0.15) is 5.82 Å². The van der Waals surface area contributed by atoms with Crippen molar-refractivity contribution in [3.8, 4) is 0 Å². The Morgan fingerprint density at radius 3 is 2.81 bits per heavy atom. The SMILES string of the molecule is CC(NC(=O)c1cc(F)cc([N+](=O)[O-])c1F)C1CCCO1. The topological polar surface area (TPSA) is 81.5 Å². The maximum absolute atomic E-state index is 13.9. The highest BCUT2D eigenvalue weighted by Gasteiger charge is 2.28. The number of ether oxygens (including phenoxy) is 1. The van der Waals surface area contributed by atoms with Gasteiger partial charge in [-0.05, 0) is 25.8 Å². The molecule has 8 heteroatoms. The van der Waals surface area contributed by atoms with E-state index in [0.717, 1.165) is 12.8 Å². The van der Waals surface area contributed by atoms with Crippen molar-refractivity contribution in [2.75, 3.05) is 6.61 Å². The summed E-state index contributed by atoms with van der Waals surface area (Å²) in [7, 11) is 0. The van der Waals surface area contributed by atoms with Crippen molar-refractivity contribution in [1.82, 2.24) is 5.32 Å². The molecule has 2 unspecified atom stereocenters. The molecule has 1 aromatic carbocycles. The number of halogens is 2. The van der Waals surface area contributed by atoms with Gasteiger partial charge in [0.25, 0.3) is 5.91 Å². The zero-order chi connectivity index (χ0) is 15.6. The number of nitrogens with zero attached hydrogens (tertiary/aromatic N) is 1. The summed E-state index contributed by atoms with van der Waals surface area (Å²) in [4.78, 5) is 21.5. The van der Waals surface area contributed by atoms with Crippen molar-refractivity contribution in [3.63, 3.8) is 0 Å². The van der Waals surface area contributed by atoms with Gasteiger partial charge in [-0.3, -0.25) is 14.9 Å². The zero-order valence-corrected chi connectivity index (χ0v) is 11.3. The number of nitrogens with one attached hydrogen (secondary N) is 1. The van der Waals surface area contributed by atoms with Crippen molar-refractivity contribution in [1.29, 1.82) is 0 Å². The van der Waals surface area contributed by atoms with Gasteiger partial charge in [-0.2, -0.15) is 4.39 Å². The summed E-state index contributed by atoms with van der Waals surface area (Å²) in [6, 6.07) is 0.678. The molecule has 1 aliphatic heterocycles. The van der Waals surface area contributed by atoms with Crippen LogP contribution in [-0.2, 0) is 4.74 Å². The average molecular weight is 300 g/mol. The number of hydrogen-bond donors (Lipinski definition) is 1. The molecule has 0 aliphatic carbocycles. The lowest BCUT2D eigenvalue weighted by Crippen LogP contribution is -2.41. The first kappa shape index (κ1) is 15.3. The minimum atomic E-state index is -1.35. The van der Waals surface area contributed by atoms with E-state index in [1.54, 1.807) is 6.92 Å². The van der Waals surface area contributed by atoms with Crippen LogP contribution in [0, 0.1) is 21.7 Å². The quantitative estimate of drug-likeness (QED) is 0.682. The molecule has 1 N–H and O–H groups in total. The lowest BCUT2D eigenvalue weighted by atomic mass is 10.1. The van der Waals surface area contributed by atoms with Crippen LogP contribution in [0.1, 0.15) is 30.1 Å². The molecule has 0 bridgehead atoms. The van der Waals surface area contributed by atoms with Crippen LogP contribution < -0.4 is 5.32 Å². The highest BCUT2D eigenvalue weighted by atomic mass is 19.1. The van der Waals surface area contributed by atoms with Crippen LogP contribution in [0.3, 0.4) is 0 Å². The number of benzene rings is 1. The molecular weight excluding hydrogens is 286 g/mol. The number of rotatable bonds is 4. The Kier molecular flexibility index (Phi) is 4.46. The molecule has 1 amide bonds. The predicted octanol–water partition coefficient (Wildman–Crippen LogP) is 2.17. The van der Waals surface area contributed by atoms with Gasteiger partial charge in [-0.1, -0.05) is 0 Å². The largest absolute Gasteiger partial charge is 0.376 e. The third-order valence-corrected chi connectivity index (χ3v) is 3.34. The van der Waals surface area contributed by atoms with Crippen molar-refractivity contribution >= 4 is 11.6 Å². The lowest BCUT2D eigenvalue weighted by molar-refractivity contribution is -0.387. The van der Waals surface area contributed by atoms with Crippen LogP contribution in [0.15, 0.2) is 12.1 Å². The highest BCUT2D eigenvalue weighted by Crippen LogP contribution is 2.23.